The Balaban J connectivity index is 1.50. The number of rotatable bonds is 8. The third kappa shape index (κ3) is 5.77. The third-order valence-electron chi connectivity index (χ3n) is 6.18. The molecule has 150 valence electrons. The smallest absolute Gasteiger partial charge is 0.129 e. The summed E-state index contributed by atoms with van der Waals surface area (Å²) in [6, 6.07) is 16.5. The fraction of sp³-hybridized carbons (Fsp3) is 0.462. The zero-order chi connectivity index (χ0) is 19.8. The Labute approximate surface area is 168 Å². The van der Waals surface area contributed by atoms with Gasteiger partial charge in [-0.05, 0) is 73.1 Å². The van der Waals surface area contributed by atoms with Gasteiger partial charge in [0.05, 0.1) is 0 Å². The minimum Gasteiger partial charge on any atom is -0.246 e. The second kappa shape index (κ2) is 10.5. The van der Waals surface area contributed by atoms with Crippen LogP contribution < -0.4 is 0 Å². The van der Waals surface area contributed by atoms with Gasteiger partial charge in [-0.2, -0.15) is 0 Å². The lowest BCUT2D eigenvalue weighted by Gasteiger charge is -2.28. The van der Waals surface area contributed by atoms with Gasteiger partial charge in [0.15, 0.2) is 0 Å². The summed E-state index contributed by atoms with van der Waals surface area (Å²) in [5.74, 6) is 1.20. The van der Waals surface area contributed by atoms with E-state index < -0.39 is 12.5 Å². The van der Waals surface area contributed by atoms with E-state index in [0.717, 1.165) is 30.8 Å². The topological polar surface area (TPSA) is 0 Å². The first-order chi connectivity index (χ1) is 13.7. The Morgan fingerprint density at radius 3 is 2.00 bits per heavy atom. The van der Waals surface area contributed by atoms with Gasteiger partial charge in [0.2, 0.25) is 0 Å². The molecule has 0 atom stereocenters. The summed E-state index contributed by atoms with van der Waals surface area (Å²) < 4.78 is 25.8. The van der Waals surface area contributed by atoms with E-state index in [1.165, 1.54) is 55.2 Å². The van der Waals surface area contributed by atoms with Crippen LogP contribution in [0.2, 0.25) is 0 Å². The Morgan fingerprint density at radius 2 is 1.46 bits per heavy atom. The van der Waals surface area contributed by atoms with Gasteiger partial charge in [-0.15, -0.1) is 0 Å². The molecule has 0 heterocycles. The van der Waals surface area contributed by atoms with E-state index in [9.17, 15) is 8.78 Å². The quantitative estimate of drug-likeness (QED) is 0.436. The normalized spacial score (nSPS) is 20.3. The molecule has 1 aliphatic rings. The number of halogens is 2. The first-order valence-electron chi connectivity index (χ1n) is 10.8. The van der Waals surface area contributed by atoms with E-state index in [0.29, 0.717) is 5.56 Å². The van der Waals surface area contributed by atoms with Crippen LogP contribution in [-0.4, -0.2) is 6.67 Å². The van der Waals surface area contributed by atoms with Gasteiger partial charge in [-0.1, -0.05) is 68.3 Å². The van der Waals surface area contributed by atoms with E-state index in [1.54, 1.807) is 12.1 Å². The second-order valence-corrected chi connectivity index (χ2v) is 8.15. The largest absolute Gasteiger partial charge is 0.246 e. The number of benzene rings is 2. The number of alkyl halides is 1. The predicted molar refractivity (Wildman–Crippen MR) is 115 cm³/mol. The third-order valence-corrected chi connectivity index (χ3v) is 6.18. The minimum atomic E-state index is -0.774. The molecule has 0 nitrogen and oxygen atoms in total. The fourth-order valence-electron chi connectivity index (χ4n) is 4.45. The molecule has 1 fully saturated rings. The van der Waals surface area contributed by atoms with Crippen molar-refractivity contribution in [3.05, 3.63) is 76.9 Å². The second-order valence-electron chi connectivity index (χ2n) is 8.15. The van der Waals surface area contributed by atoms with Gasteiger partial charge in [0.25, 0.3) is 0 Å². The molecule has 2 heteroatoms. The molecule has 0 radical (unpaired) electrons. The zero-order valence-corrected chi connectivity index (χ0v) is 17.0. The highest BCUT2D eigenvalue weighted by atomic mass is 19.1. The molecule has 0 saturated heterocycles. The molecule has 3 rings (SSSR count). The number of allylic oxidation sites excluding steroid dienone is 1. The molecule has 0 aliphatic heterocycles. The van der Waals surface area contributed by atoms with Gasteiger partial charge >= 0.3 is 0 Å². The summed E-state index contributed by atoms with van der Waals surface area (Å²) >= 11 is 0. The monoisotopic (exact) mass is 382 g/mol. The van der Waals surface area contributed by atoms with Crippen molar-refractivity contribution in [1.29, 1.82) is 0 Å². The lowest BCUT2D eigenvalue weighted by molar-refractivity contribution is 0.308. The highest BCUT2D eigenvalue weighted by Gasteiger charge is 2.21. The van der Waals surface area contributed by atoms with Crippen LogP contribution in [-0.2, 0) is 12.8 Å². The fourth-order valence-corrected chi connectivity index (χ4v) is 4.45. The molecule has 0 amide bonds. The Morgan fingerprint density at radius 1 is 0.893 bits per heavy atom. The SMILES string of the molecule is CCCC1CCC(c2ccc(CCc3ccc(/C(F)=C/CF)cc3)cc2)CC1. The van der Waals surface area contributed by atoms with Crippen molar-refractivity contribution >= 4 is 5.83 Å². The maximum atomic E-state index is 13.6. The van der Waals surface area contributed by atoms with Crippen LogP contribution >= 0.6 is 0 Å². The molecular weight excluding hydrogens is 350 g/mol. The van der Waals surface area contributed by atoms with Crippen molar-refractivity contribution < 1.29 is 8.78 Å². The minimum absolute atomic E-state index is 0.444. The molecule has 28 heavy (non-hydrogen) atoms. The summed E-state index contributed by atoms with van der Waals surface area (Å²) in [7, 11) is 0. The van der Waals surface area contributed by atoms with Crippen LogP contribution in [0.4, 0.5) is 8.78 Å². The lowest BCUT2D eigenvalue weighted by atomic mass is 9.77. The highest BCUT2D eigenvalue weighted by Crippen LogP contribution is 2.37. The van der Waals surface area contributed by atoms with Crippen LogP contribution in [0.5, 0.6) is 0 Å². The van der Waals surface area contributed by atoms with Crippen LogP contribution in [0, 0.1) is 5.92 Å². The number of aryl methyl sites for hydroxylation is 2. The molecule has 2 aromatic carbocycles. The summed E-state index contributed by atoms with van der Waals surface area (Å²) in [6.45, 7) is 1.52. The van der Waals surface area contributed by atoms with Crippen molar-refractivity contribution in [3.63, 3.8) is 0 Å². The molecule has 1 saturated carbocycles. The molecule has 0 N–H and O–H groups in total. The summed E-state index contributed by atoms with van der Waals surface area (Å²) in [4.78, 5) is 0. The molecule has 0 unspecified atom stereocenters. The van der Waals surface area contributed by atoms with E-state index in [2.05, 4.69) is 31.2 Å². The first kappa shape index (κ1) is 20.8. The standard InChI is InChI=1S/C26H32F2/c1-2-3-20-6-12-23(13-7-20)24-14-8-21(9-15-24)4-5-22-10-16-25(17-11-22)26(28)18-19-27/h8-11,14-18,20,23H,2-7,12-13,19H2,1H3/b26-18-. The van der Waals surface area contributed by atoms with Crippen molar-refractivity contribution in [2.75, 3.05) is 6.67 Å². The lowest BCUT2D eigenvalue weighted by Crippen LogP contribution is -2.13. The van der Waals surface area contributed by atoms with E-state index >= 15 is 0 Å². The van der Waals surface area contributed by atoms with Gasteiger partial charge in [0, 0.05) is 5.56 Å². The maximum Gasteiger partial charge on any atom is 0.129 e. The van der Waals surface area contributed by atoms with Crippen molar-refractivity contribution in [2.24, 2.45) is 5.92 Å². The summed E-state index contributed by atoms with van der Waals surface area (Å²) in [6.07, 6.45) is 11.0. The molecular formula is C26H32F2. The van der Waals surface area contributed by atoms with Crippen LogP contribution in [0.1, 0.15) is 73.6 Å². The van der Waals surface area contributed by atoms with Crippen molar-refractivity contribution in [1.82, 2.24) is 0 Å². The van der Waals surface area contributed by atoms with E-state index in [-0.39, 0.29) is 0 Å². The predicted octanol–water partition coefficient (Wildman–Crippen LogP) is 7.83. The summed E-state index contributed by atoms with van der Waals surface area (Å²) in [5, 5.41) is 0. The molecule has 2 aromatic rings. The van der Waals surface area contributed by atoms with Crippen molar-refractivity contribution in [2.45, 2.75) is 64.2 Å². The van der Waals surface area contributed by atoms with Gasteiger partial charge in [0.1, 0.15) is 12.5 Å². The molecule has 1 aliphatic carbocycles. The Kier molecular flexibility index (Phi) is 7.82. The summed E-state index contributed by atoms with van der Waals surface area (Å²) in [5.41, 5.74) is 4.46. The average molecular weight is 383 g/mol. The van der Waals surface area contributed by atoms with Crippen LogP contribution in [0.3, 0.4) is 0 Å². The number of hydrogen-bond acceptors (Lipinski definition) is 0. The highest BCUT2D eigenvalue weighted by molar-refractivity contribution is 5.59. The molecule has 0 aromatic heterocycles. The van der Waals surface area contributed by atoms with Gasteiger partial charge < -0.3 is 0 Å². The van der Waals surface area contributed by atoms with Gasteiger partial charge in [-0.3, -0.25) is 0 Å². The molecule has 0 spiro atoms. The maximum absolute atomic E-state index is 13.6. The first-order valence-corrected chi connectivity index (χ1v) is 10.8. The Bertz CT molecular complexity index is 735. The van der Waals surface area contributed by atoms with Crippen LogP contribution in [0.25, 0.3) is 5.83 Å². The van der Waals surface area contributed by atoms with Crippen molar-refractivity contribution in [3.8, 4) is 0 Å². The number of hydrogen-bond donors (Lipinski definition) is 0. The van der Waals surface area contributed by atoms with E-state index in [1.807, 2.05) is 12.1 Å². The zero-order valence-electron chi connectivity index (χ0n) is 17.0. The molecule has 0 bridgehead atoms. The average Bonchev–Trinajstić information content (AvgIpc) is 2.74. The van der Waals surface area contributed by atoms with E-state index in [4.69, 9.17) is 0 Å². The van der Waals surface area contributed by atoms with Gasteiger partial charge in [-0.25, -0.2) is 8.78 Å². The Hall–Kier alpha value is -1.96. The van der Waals surface area contributed by atoms with Crippen LogP contribution in [0.15, 0.2) is 54.6 Å².